The van der Waals surface area contributed by atoms with Gasteiger partial charge in [0.2, 0.25) is 5.91 Å². The highest BCUT2D eigenvalue weighted by Gasteiger charge is 2.20. The second-order valence-corrected chi connectivity index (χ2v) is 4.30. The van der Waals surface area contributed by atoms with Gasteiger partial charge in [-0.2, -0.15) is 0 Å². The van der Waals surface area contributed by atoms with Crippen molar-refractivity contribution in [3.8, 4) is 0 Å². The van der Waals surface area contributed by atoms with Crippen LogP contribution < -0.4 is 5.73 Å². The van der Waals surface area contributed by atoms with Gasteiger partial charge in [-0.15, -0.1) is 0 Å². The average Bonchev–Trinajstić information content (AvgIpc) is 2.14. The monoisotopic (exact) mass is 199 g/mol. The van der Waals surface area contributed by atoms with Crippen molar-refractivity contribution in [3.05, 3.63) is 0 Å². The van der Waals surface area contributed by atoms with Crippen LogP contribution >= 0.6 is 0 Å². The maximum Gasteiger partial charge on any atom is 0.223 e. The fourth-order valence-corrected chi connectivity index (χ4v) is 1.71. The number of rotatable bonds is 3. The third-order valence-electron chi connectivity index (χ3n) is 2.58. The maximum atomic E-state index is 11.7. The number of likely N-dealkylation sites (tertiary alicyclic amines) is 1. The Morgan fingerprint density at radius 2 is 2.29 bits per heavy atom. The number of amides is 1. The van der Waals surface area contributed by atoms with Crippen LogP contribution in [0, 0.1) is 0 Å². The predicted molar refractivity (Wildman–Crippen MR) is 57.0 cm³/mol. The minimum atomic E-state index is 0.187. The molecule has 4 heteroatoms. The van der Waals surface area contributed by atoms with E-state index in [9.17, 15) is 4.79 Å². The number of carbonyl (C=O) groups is 1. The zero-order valence-corrected chi connectivity index (χ0v) is 9.20. The van der Waals surface area contributed by atoms with Crippen molar-refractivity contribution in [3.63, 3.8) is 0 Å². The van der Waals surface area contributed by atoms with E-state index in [1.165, 1.54) is 0 Å². The van der Waals surface area contributed by atoms with Gasteiger partial charge in [0.25, 0.3) is 0 Å². The topological polar surface area (TPSA) is 49.6 Å². The summed E-state index contributed by atoms with van der Waals surface area (Å²) in [4.78, 5) is 15.6. The average molecular weight is 199 g/mol. The van der Waals surface area contributed by atoms with E-state index in [4.69, 9.17) is 5.73 Å². The molecule has 4 nitrogen and oxygen atoms in total. The molecule has 0 spiro atoms. The van der Waals surface area contributed by atoms with Crippen molar-refractivity contribution in [2.45, 2.75) is 25.3 Å². The summed E-state index contributed by atoms with van der Waals surface area (Å²) < 4.78 is 0. The summed E-state index contributed by atoms with van der Waals surface area (Å²) in [5, 5.41) is 0. The molecule has 1 rings (SSSR count). The molecule has 0 aromatic carbocycles. The molecular formula is C10H21N3O. The molecule has 0 aliphatic carbocycles. The van der Waals surface area contributed by atoms with Crippen molar-refractivity contribution >= 4 is 5.91 Å². The van der Waals surface area contributed by atoms with Gasteiger partial charge in [0, 0.05) is 32.1 Å². The van der Waals surface area contributed by atoms with Crippen molar-refractivity contribution in [2.75, 3.05) is 33.7 Å². The molecule has 0 aromatic heterocycles. The molecule has 0 saturated carbocycles. The van der Waals surface area contributed by atoms with E-state index in [-0.39, 0.29) is 11.9 Å². The van der Waals surface area contributed by atoms with E-state index in [0.29, 0.717) is 6.42 Å². The Labute approximate surface area is 86.0 Å². The summed E-state index contributed by atoms with van der Waals surface area (Å²) in [6, 6.07) is 0.187. The molecule has 14 heavy (non-hydrogen) atoms. The molecule has 1 saturated heterocycles. The van der Waals surface area contributed by atoms with E-state index < -0.39 is 0 Å². The smallest absolute Gasteiger partial charge is 0.223 e. The molecule has 1 amide bonds. The van der Waals surface area contributed by atoms with Gasteiger partial charge in [-0.25, -0.2) is 0 Å². The third kappa shape index (κ3) is 3.64. The van der Waals surface area contributed by atoms with Gasteiger partial charge >= 0.3 is 0 Å². The van der Waals surface area contributed by atoms with Crippen LogP contribution in [0.2, 0.25) is 0 Å². The fraction of sp³-hybridized carbons (Fsp3) is 0.900. The molecule has 0 aromatic rings. The fourth-order valence-electron chi connectivity index (χ4n) is 1.71. The molecule has 1 aliphatic rings. The summed E-state index contributed by atoms with van der Waals surface area (Å²) in [6.45, 7) is 2.46. The number of nitrogens with zero attached hydrogens (tertiary/aromatic N) is 2. The van der Waals surface area contributed by atoms with Gasteiger partial charge < -0.3 is 15.5 Å². The van der Waals surface area contributed by atoms with Gasteiger partial charge in [0.05, 0.1) is 0 Å². The SMILES string of the molecule is CN(C)CCC(=O)N1CCC[C@@H](N)C1. The Hall–Kier alpha value is -0.610. The molecule has 0 unspecified atom stereocenters. The van der Waals surface area contributed by atoms with E-state index in [2.05, 4.69) is 0 Å². The lowest BCUT2D eigenvalue weighted by atomic mass is 10.1. The predicted octanol–water partition coefficient (Wildman–Crippen LogP) is -0.112. The van der Waals surface area contributed by atoms with Crippen molar-refractivity contribution in [1.82, 2.24) is 9.80 Å². The van der Waals surface area contributed by atoms with Crippen LogP contribution in [0.1, 0.15) is 19.3 Å². The molecule has 0 radical (unpaired) electrons. The van der Waals surface area contributed by atoms with Gasteiger partial charge in [-0.1, -0.05) is 0 Å². The molecule has 1 atom stereocenters. The van der Waals surface area contributed by atoms with Crippen LogP contribution in [-0.4, -0.2) is 55.5 Å². The van der Waals surface area contributed by atoms with Crippen LogP contribution in [0.3, 0.4) is 0 Å². The normalized spacial score (nSPS) is 22.9. The molecule has 0 bridgehead atoms. The second-order valence-electron chi connectivity index (χ2n) is 4.30. The van der Waals surface area contributed by atoms with Crippen molar-refractivity contribution < 1.29 is 4.79 Å². The quantitative estimate of drug-likeness (QED) is 0.690. The van der Waals surface area contributed by atoms with E-state index >= 15 is 0 Å². The van der Waals surface area contributed by atoms with Gasteiger partial charge in [0.1, 0.15) is 0 Å². The summed E-state index contributed by atoms with van der Waals surface area (Å²) >= 11 is 0. The van der Waals surface area contributed by atoms with Crippen molar-refractivity contribution in [2.24, 2.45) is 5.73 Å². The molecule has 1 fully saturated rings. The maximum absolute atomic E-state index is 11.7. The molecule has 2 N–H and O–H groups in total. The first-order valence-corrected chi connectivity index (χ1v) is 5.27. The number of nitrogens with two attached hydrogens (primary N) is 1. The molecular weight excluding hydrogens is 178 g/mol. The summed E-state index contributed by atoms with van der Waals surface area (Å²) in [6.07, 6.45) is 2.71. The van der Waals surface area contributed by atoms with Crippen molar-refractivity contribution in [1.29, 1.82) is 0 Å². The lowest BCUT2D eigenvalue weighted by Gasteiger charge is -2.31. The Morgan fingerprint density at radius 1 is 1.57 bits per heavy atom. The Balaban J connectivity index is 2.29. The first-order valence-electron chi connectivity index (χ1n) is 5.27. The highest BCUT2D eigenvalue weighted by atomic mass is 16.2. The Bertz CT molecular complexity index is 194. The van der Waals surface area contributed by atoms with Crippen LogP contribution in [-0.2, 0) is 4.79 Å². The minimum Gasteiger partial charge on any atom is -0.341 e. The number of carbonyl (C=O) groups excluding carboxylic acids is 1. The zero-order valence-electron chi connectivity index (χ0n) is 9.20. The summed E-state index contributed by atoms with van der Waals surface area (Å²) in [5.74, 6) is 0.244. The first-order chi connectivity index (χ1) is 6.59. The highest BCUT2D eigenvalue weighted by Crippen LogP contribution is 2.09. The van der Waals surface area contributed by atoms with Gasteiger partial charge in [-0.05, 0) is 26.9 Å². The summed E-state index contributed by atoms with van der Waals surface area (Å²) in [7, 11) is 3.96. The number of hydrogen-bond acceptors (Lipinski definition) is 3. The molecule has 1 aliphatic heterocycles. The largest absolute Gasteiger partial charge is 0.341 e. The Morgan fingerprint density at radius 3 is 2.86 bits per heavy atom. The second kappa shape index (κ2) is 5.32. The van der Waals surface area contributed by atoms with Crippen LogP contribution in [0.25, 0.3) is 0 Å². The summed E-state index contributed by atoms with van der Waals surface area (Å²) in [5.41, 5.74) is 5.81. The van der Waals surface area contributed by atoms with Crippen LogP contribution in [0.15, 0.2) is 0 Å². The highest BCUT2D eigenvalue weighted by molar-refractivity contribution is 5.76. The third-order valence-corrected chi connectivity index (χ3v) is 2.58. The van der Waals surface area contributed by atoms with Crippen LogP contribution in [0.4, 0.5) is 0 Å². The van der Waals surface area contributed by atoms with E-state index in [1.54, 1.807) is 0 Å². The van der Waals surface area contributed by atoms with Gasteiger partial charge in [-0.3, -0.25) is 4.79 Å². The number of hydrogen-bond donors (Lipinski definition) is 1. The standard InChI is InChI=1S/C10H21N3O/c1-12(2)7-5-10(14)13-6-3-4-9(11)8-13/h9H,3-8,11H2,1-2H3/t9-/m1/s1. The van der Waals surface area contributed by atoms with Crippen LogP contribution in [0.5, 0.6) is 0 Å². The van der Waals surface area contributed by atoms with E-state index in [1.807, 2.05) is 23.9 Å². The lowest BCUT2D eigenvalue weighted by molar-refractivity contribution is -0.132. The number of piperidine rings is 1. The first kappa shape index (κ1) is 11.5. The zero-order chi connectivity index (χ0) is 10.6. The lowest BCUT2D eigenvalue weighted by Crippen LogP contribution is -2.46. The van der Waals surface area contributed by atoms with Gasteiger partial charge in [0.15, 0.2) is 0 Å². The Kier molecular flexibility index (Phi) is 4.35. The molecule has 82 valence electrons. The van der Waals surface area contributed by atoms with E-state index in [0.717, 1.165) is 32.5 Å². The minimum absolute atomic E-state index is 0.187. The molecule has 1 heterocycles.